The number of aliphatic hydroxyl groups is 1. The second-order valence-electron chi connectivity index (χ2n) is 11.1. The average molecular weight is 559 g/mol. The van der Waals surface area contributed by atoms with E-state index in [1.54, 1.807) is 0 Å². The summed E-state index contributed by atoms with van der Waals surface area (Å²) in [5, 5.41) is 12.2. The molecule has 1 N–H and O–H groups in total. The van der Waals surface area contributed by atoms with Crippen LogP contribution in [0.2, 0.25) is 0 Å². The fourth-order valence-corrected chi connectivity index (χ4v) is 6.45. The van der Waals surface area contributed by atoms with E-state index in [9.17, 15) is 9.90 Å². The summed E-state index contributed by atoms with van der Waals surface area (Å²) < 4.78 is 12.3. The molecule has 1 saturated heterocycles. The van der Waals surface area contributed by atoms with E-state index in [1.807, 2.05) is 81.4 Å². The van der Waals surface area contributed by atoms with Crippen molar-refractivity contribution in [3.63, 3.8) is 0 Å². The highest BCUT2D eigenvalue weighted by atomic mass is 32.1. The third-order valence-corrected chi connectivity index (χ3v) is 9.26. The molecule has 1 unspecified atom stereocenters. The molecule has 0 spiro atoms. The number of thiocarbonyl (C=S) groups is 1. The number of nitrogens with zero attached hydrogens (tertiary/aromatic N) is 2. The Bertz CT molecular complexity index is 1380. The summed E-state index contributed by atoms with van der Waals surface area (Å²) in [5.41, 5.74) is 3.77. The molecule has 2 aliphatic rings. The summed E-state index contributed by atoms with van der Waals surface area (Å²) in [4.78, 5) is 16.9. The minimum Gasteiger partial charge on any atom is -0.480 e. The topological polar surface area (TPSA) is 62.2 Å². The Labute approximate surface area is 242 Å². The van der Waals surface area contributed by atoms with Gasteiger partial charge >= 0.3 is 5.97 Å². The first kappa shape index (κ1) is 28.3. The lowest BCUT2D eigenvalue weighted by Crippen LogP contribution is -2.60. The van der Waals surface area contributed by atoms with Crippen molar-refractivity contribution in [2.45, 2.75) is 58.8 Å². The normalized spacial score (nSPS) is 19.5. The molecule has 7 heteroatoms. The summed E-state index contributed by atoms with van der Waals surface area (Å²) in [6.07, 6.45) is 1.52. The molecule has 6 nitrogen and oxygen atoms in total. The van der Waals surface area contributed by atoms with Gasteiger partial charge < -0.3 is 19.5 Å². The fraction of sp³-hybridized carbons (Fsp3) is 0.394. The van der Waals surface area contributed by atoms with Crippen LogP contribution in [0.15, 0.2) is 60.7 Å². The third-order valence-electron chi connectivity index (χ3n) is 8.57. The van der Waals surface area contributed by atoms with Crippen molar-refractivity contribution in [2.24, 2.45) is 0 Å². The molecule has 3 aromatic carbocycles. The Hall–Kier alpha value is -3.26. The Kier molecular flexibility index (Phi) is 7.75. The monoisotopic (exact) mass is 558 g/mol. The van der Waals surface area contributed by atoms with Gasteiger partial charge in [-0.25, -0.2) is 0 Å². The summed E-state index contributed by atoms with van der Waals surface area (Å²) in [6, 6.07) is 19.7. The van der Waals surface area contributed by atoms with Crippen LogP contribution in [0.3, 0.4) is 0 Å². The number of esters is 1. The van der Waals surface area contributed by atoms with E-state index in [0.717, 1.165) is 57.0 Å². The van der Waals surface area contributed by atoms with Crippen LogP contribution < -0.4 is 9.47 Å². The predicted molar refractivity (Wildman–Crippen MR) is 161 cm³/mol. The molecule has 0 aromatic heterocycles. The molecule has 0 amide bonds. The quantitative estimate of drug-likeness (QED) is 0.254. The van der Waals surface area contributed by atoms with Crippen molar-refractivity contribution in [1.29, 1.82) is 0 Å². The summed E-state index contributed by atoms with van der Waals surface area (Å²) in [7, 11) is 0. The van der Waals surface area contributed by atoms with Crippen LogP contribution in [0.1, 0.15) is 53.6 Å². The van der Waals surface area contributed by atoms with Crippen molar-refractivity contribution < 1.29 is 19.4 Å². The van der Waals surface area contributed by atoms with Gasteiger partial charge in [0.2, 0.25) is 0 Å². The van der Waals surface area contributed by atoms with E-state index in [2.05, 4.69) is 16.7 Å². The zero-order chi connectivity index (χ0) is 28.7. The van der Waals surface area contributed by atoms with Gasteiger partial charge in [0.15, 0.2) is 11.3 Å². The molecule has 2 aliphatic heterocycles. The van der Waals surface area contributed by atoms with Crippen LogP contribution in [-0.2, 0) is 16.9 Å². The maximum absolute atomic E-state index is 12.2. The standard InChI is InChI=1S/C33H38N2O4S/c1-22-23(2)30-28(24(3)29(22)38-25(4)36)16-17-32(5,39-30)31(40)34-18-20-35(21-19-34)33(37,26-12-8-6-9-13-26)27-14-10-7-11-15-27/h6-15,37H,16-21H2,1-5H3. The van der Waals surface area contributed by atoms with E-state index in [0.29, 0.717) is 31.9 Å². The van der Waals surface area contributed by atoms with Crippen molar-refractivity contribution in [1.82, 2.24) is 9.80 Å². The van der Waals surface area contributed by atoms with E-state index in [4.69, 9.17) is 21.7 Å². The number of carbonyl (C=O) groups excluding carboxylic acids is 1. The number of piperazine rings is 1. The lowest BCUT2D eigenvalue weighted by Gasteiger charge is -2.48. The molecular weight excluding hydrogens is 520 g/mol. The number of fused-ring (bicyclic) bond motifs is 1. The van der Waals surface area contributed by atoms with Crippen LogP contribution in [-0.4, -0.2) is 57.6 Å². The van der Waals surface area contributed by atoms with Gasteiger partial charge in [-0.15, -0.1) is 0 Å². The Morgan fingerprint density at radius 2 is 1.48 bits per heavy atom. The van der Waals surface area contributed by atoms with Gasteiger partial charge in [0.25, 0.3) is 0 Å². The second-order valence-corrected chi connectivity index (χ2v) is 11.5. The first-order chi connectivity index (χ1) is 19.1. The number of carbonyl (C=O) groups is 1. The van der Waals surface area contributed by atoms with Crippen LogP contribution in [0.5, 0.6) is 11.5 Å². The predicted octanol–water partition coefficient (Wildman–Crippen LogP) is 5.46. The SMILES string of the molecule is CC(=O)Oc1c(C)c(C)c2c(c1C)CCC(C)(C(=S)N1CCN(C(O)(c3ccccc3)c3ccccc3)CC1)O2. The molecule has 3 aromatic rings. The zero-order valence-corrected chi connectivity index (χ0v) is 24.8. The van der Waals surface area contributed by atoms with Crippen LogP contribution >= 0.6 is 12.2 Å². The van der Waals surface area contributed by atoms with Crippen LogP contribution in [0, 0.1) is 20.8 Å². The molecule has 40 heavy (non-hydrogen) atoms. The zero-order valence-electron chi connectivity index (χ0n) is 24.0. The Morgan fingerprint density at radius 3 is 2.00 bits per heavy atom. The maximum atomic E-state index is 12.2. The van der Waals surface area contributed by atoms with Gasteiger partial charge in [0.05, 0.1) is 0 Å². The first-order valence-electron chi connectivity index (χ1n) is 13.9. The molecule has 0 aliphatic carbocycles. The number of hydrogen-bond donors (Lipinski definition) is 1. The molecule has 0 saturated carbocycles. The first-order valence-corrected chi connectivity index (χ1v) is 14.3. The molecule has 1 atom stereocenters. The second kappa shape index (κ2) is 11.0. The van der Waals surface area contributed by atoms with Crippen LogP contribution in [0.4, 0.5) is 0 Å². The van der Waals surface area contributed by atoms with Gasteiger partial charge in [-0.3, -0.25) is 9.69 Å². The summed E-state index contributed by atoms with van der Waals surface area (Å²) >= 11 is 6.10. The number of hydrogen-bond acceptors (Lipinski definition) is 6. The molecule has 0 bridgehead atoms. The third kappa shape index (κ3) is 4.91. The largest absolute Gasteiger partial charge is 0.480 e. The maximum Gasteiger partial charge on any atom is 0.308 e. The van der Waals surface area contributed by atoms with Crippen molar-refractivity contribution in [3.8, 4) is 11.5 Å². The lowest BCUT2D eigenvalue weighted by molar-refractivity contribution is -0.132. The molecular formula is C33H38N2O4S. The van der Waals surface area contributed by atoms with Crippen LogP contribution in [0.25, 0.3) is 0 Å². The van der Waals surface area contributed by atoms with E-state index < -0.39 is 11.3 Å². The van der Waals surface area contributed by atoms with Crippen molar-refractivity contribution >= 4 is 23.2 Å². The van der Waals surface area contributed by atoms with E-state index in [-0.39, 0.29) is 5.97 Å². The minimum atomic E-state index is -1.23. The number of ether oxygens (including phenoxy) is 2. The summed E-state index contributed by atoms with van der Waals surface area (Å²) in [6.45, 7) is 12.2. The highest BCUT2D eigenvalue weighted by Gasteiger charge is 2.44. The van der Waals surface area contributed by atoms with Gasteiger partial charge in [-0.05, 0) is 57.2 Å². The fourth-order valence-electron chi connectivity index (χ4n) is 6.12. The van der Waals surface area contributed by atoms with Gasteiger partial charge in [-0.1, -0.05) is 72.9 Å². The molecule has 1 fully saturated rings. The van der Waals surface area contributed by atoms with Gasteiger partial charge in [0.1, 0.15) is 16.5 Å². The highest BCUT2D eigenvalue weighted by molar-refractivity contribution is 7.80. The summed E-state index contributed by atoms with van der Waals surface area (Å²) in [5.74, 6) is 1.17. The minimum absolute atomic E-state index is 0.320. The smallest absolute Gasteiger partial charge is 0.308 e. The van der Waals surface area contributed by atoms with Crippen molar-refractivity contribution in [2.75, 3.05) is 26.2 Å². The average Bonchev–Trinajstić information content (AvgIpc) is 2.98. The van der Waals surface area contributed by atoms with E-state index in [1.165, 1.54) is 6.92 Å². The highest BCUT2D eigenvalue weighted by Crippen LogP contribution is 2.44. The van der Waals surface area contributed by atoms with Gasteiger partial charge in [0, 0.05) is 49.8 Å². The number of rotatable bonds is 5. The Morgan fingerprint density at radius 1 is 0.925 bits per heavy atom. The molecule has 0 radical (unpaired) electrons. The van der Waals surface area contributed by atoms with E-state index >= 15 is 0 Å². The molecule has 5 rings (SSSR count). The Balaban J connectivity index is 1.36. The lowest BCUT2D eigenvalue weighted by atomic mass is 9.86. The van der Waals surface area contributed by atoms with Crippen molar-refractivity contribution in [3.05, 3.63) is 94.0 Å². The number of benzene rings is 3. The molecule has 210 valence electrons. The van der Waals surface area contributed by atoms with Gasteiger partial charge in [-0.2, -0.15) is 0 Å². The molecule has 2 heterocycles.